The van der Waals surface area contributed by atoms with Crippen molar-refractivity contribution >= 4 is 40.1 Å². The number of esters is 1. The highest BCUT2D eigenvalue weighted by Gasteiger charge is 2.33. The lowest BCUT2D eigenvalue weighted by atomic mass is 9.79. The van der Waals surface area contributed by atoms with Gasteiger partial charge in [0.2, 0.25) is 0 Å². The number of benzene rings is 2. The Labute approximate surface area is 212 Å². The Bertz CT molecular complexity index is 1060. The van der Waals surface area contributed by atoms with Gasteiger partial charge in [-0.2, -0.15) is 11.3 Å². The summed E-state index contributed by atoms with van der Waals surface area (Å²) in [4.78, 5) is 26.4. The second-order valence-electron chi connectivity index (χ2n) is 8.25. The monoisotopic (exact) mass is 549 g/mol. The first-order valence-corrected chi connectivity index (χ1v) is 11.9. The van der Waals surface area contributed by atoms with Gasteiger partial charge in [-0.1, -0.05) is 24.3 Å². The van der Waals surface area contributed by atoms with E-state index in [1.165, 1.54) is 47.7 Å². The SMILES string of the molecule is Br.O=C(CC(C(=O)c1ccsc1)C1CCNCC1)OC(c1cccc(F)c1)c1cccc(F)c1. The van der Waals surface area contributed by atoms with E-state index in [1.807, 2.05) is 5.38 Å². The molecule has 8 heteroatoms. The predicted molar refractivity (Wildman–Crippen MR) is 133 cm³/mol. The van der Waals surface area contributed by atoms with Crippen molar-refractivity contribution in [2.24, 2.45) is 11.8 Å². The van der Waals surface area contributed by atoms with Gasteiger partial charge in [-0.3, -0.25) is 9.59 Å². The van der Waals surface area contributed by atoms with Crippen molar-refractivity contribution in [1.29, 1.82) is 0 Å². The minimum absolute atomic E-state index is 0. The Balaban J connectivity index is 0.00000324. The summed E-state index contributed by atoms with van der Waals surface area (Å²) < 4.78 is 33.6. The number of carbonyl (C=O) groups is 2. The van der Waals surface area contributed by atoms with E-state index in [0.717, 1.165) is 25.9 Å². The molecule has 1 atom stereocenters. The molecular weight excluding hydrogens is 524 g/mol. The zero-order valence-electron chi connectivity index (χ0n) is 18.4. The van der Waals surface area contributed by atoms with E-state index >= 15 is 0 Å². The van der Waals surface area contributed by atoms with E-state index in [4.69, 9.17) is 4.74 Å². The van der Waals surface area contributed by atoms with Crippen LogP contribution >= 0.6 is 28.3 Å². The summed E-state index contributed by atoms with van der Waals surface area (Å²) in [5.74, 6) is -2.04. The first-order valence-electron chi connectivity index (χ1n) is 11.0. The van der Waals surface area contributed by atoms with Crippen LogP contribution in [0.1, 0.15) is 46.9 Å². The maximum absolute atomic E-state index is 13.9. The minimum atomic E-state index is -0.978. The maximum Gasteiger partial charge on any atom is 0.307 e. The molecule has 1 fully saturated rings. The van der Waals surface area contributed by atoms with Crippen LogP contribution in [0.5, 0.6) is 0 Å². The molecular formula is C26H26BrF2NO3S. The van der Waals surface area contributed by atoms with Crippen LogP contribution in [0.15, 0.2) is 65.4 Å². The Hall–Kier alpha value is -2.42. The van der Waals surface area contributed by atoms with Crippen LogP contribution < -0.4 is 5.32 Å². The predicted octanol–water partition coefficient (Wildman–Crippen LogP) is 6.13. The van der Waals surface area contributed by atoms with Gasteiger partial charge in [-0.05, 0) is 78.7 Å². The Kier molecular flexibility index (Phi) is 9.50. The fourth-order valence-electron chi connectivity index (χ4n) is 4.37. The second-order valence-corrected chi connectivity index (χ2v) is 9.03. The molecule has 1 unspecified atom stereocenters. The molecule has 1 N–H and O–H groups in total. The van der Waals surface area contributed by atoms with Gasteiger partial charge in [0.15, 0.2) is 11.9 Å². The van der Waals surface area contributed by atoms with Gasteiger partial charge in [0.25, 0.3) is 0 Å². The minimum Gasteiger partial charge on any atom is -0.453 e. The molecule has 4 rings (SSSR count). The summed E-state index contributed by atoms with van der Waals surface area (Å²) in [6, 6.07) is 13.2. The Morgan fingerprint density at radius 1 is 1.00 bits per heavy atom. The van der Waals surface area contributed by atoms with Gasteiger partial charge in [0.1, 0.15) is 11.6 Å². The van der Waals surface area contributed by atoms with E-state index < -0.39 is 29.6 Å². The quantitative estimate of drug-likeness (QED) is 0.271. The highest BCUT2D eigenvalue weighted by Crippen LogP contribution is 2.32. The van der Waals surface area contributed by atoms with Crippen LogP contribution in [0, 0.1) is 23.5 Å². The fourth-order valence-corrected chi connectivity index (χ4v) is 5.01. The molecule has 0 radical (unpaired) electrons. The van der Waals surface area contributed by atoms with Crippen molar-refractivity contribution in [3.05, 3.63) is 93.7 Å². The normalized spacial score (nSPS) is 14.9. The Morgan fingerprint density at radius 3 is 2.15 bits per heavy atom. The molecule has 0 saturated carbocycles. The molecule has 0 aliphatic carbocycles. The van der Waals surface area contributed by atoms with Gasteiger partial charge in [-0.25, -0.2) is 8.78 Å². The number of piperidine rings is 1. The topological polar surface area (TPSA) is 55.4 Å². The largest absolute Gasteiger partial charge is 0.453 e. The van der Waals surface area contributed by atoms with Crippen molar-refractivity contribution in [2.45, 2.75) is 25.4 Å². The number of rotatable bonds is 8. The molecule has 0 spiro atoms. The van der Waals surface area contributed by atoms with Crippen LogP contribution in [0.4, 0.5) is 8.78 Å². The molecule has 1 aromatic heterocycles. The van der Waals surface area contributed by atoms with E-state index in [-0.39, 0.29) is 35.1 Å². The third-order valence-corrected chi connectivity index (χ3v) is 6.72. The lowest BCUT2D eigenvalue weighted by Crippen LogP contribution is -2.36. The van der Waals surface area contributed by atoms with Crippen LogP contribution in [-0.2, 0) is 9.53 Å². The summed E-state index contributed by atoms with van der Waals surface area (Å²) in [5.41, 5.74) is 1.40. The van der Waals surface area contributed by atoms with E-state index in [2.05, 4.69) is 5.32 Å². The number of carbonyl (C=O) groups excluding carboxylic acids is 2. The Morgan fingerprint density at radius 2 is 1.62 bits per heavy atom. The molecule has 2 aromatic carbocycles. The summed E-state index contributed by atoms with van der Waals surface area (Å²) in [5, 5.41) is 6.92. The number of ketones is 1. The molecule has 180 valence electrons. The van der Waals surface area contributed by atoms with Gasteiger partial charge in [0, 0.05) is 16.9 Å². The van der Waals surface area contributed by atoms with Gasteiger partial charge in [-0.15, -0.1) is 17.0 Å². The molecule has 1 saturated heterocycles. The van der Waals surface area contributed by atoms with Crippen molar-refractivity contribution < 1.29 is 23.1 Å². The second kappa shape index (κ2) is 12.3. The number of halogens is 3. The van der Waals surface area contributed by atoms with E-state index in [0.29, 0.717) is 16.7 Å². The number of hydrogen-bond donors (Lipinski definition) is 1. The van der Waals surface area contributed by atoms with Gasteiger partial charge >= 0.3 is 5.97 Å². The standard InChI is InChI=1S/C26H25F2NO3S.BrH/c27-21-5-1-3-18(13-21)26(19-4-2-6-22(28)14-19)32-24(30)15-23(17-7-10-29-11-8-17)25(31)20-9-12-33-16-20;/h1-6,9,12-14,16-17,23,26,29H,7-8,10-11,15H2;1H. The molecule has 4 nitrogen and oxygen atoms in total. The number of thiophene rings is 1. The molecule has 2 heterocycles. The molecule has 34 heavy (non-hydrogen) atoms. The zero-order chi connectivity index (χ0) is 23.2. The highest BCUT2D eigenvalue weighted by molar-refractivity contribution is 8.93. The van der Waals surface area contributed by atoms with E-state index in [1.54, 1.807) is 23.6 Å². The lowest BCUT2D eigenvalue weighted by Gasteiger charge is -2.29. The summed E-state index contributed by atoms with van der Waals surface area (Å²) in [6.45, 7) is 1.59. The lowest BCUT2D eigenvalue weighted by molar-refractivity contribution is -0.148. The van der Waals surface area contributed by atoms with Crippen LogP contribution in [-0.4, -0.2) is 24.8 Å². The van der Waals surface area contributed by atoms with Crippen LogP contribution in [0.2, 0.25) is 0 Å². The highest BCUT2D eigenvalue weighted by atomic mass is 79.9. The zero-order valence-corrected chi connectivity index (χ0v) is 20.9. The third kappa shape index (κ3) is 6.58. The fraction of sp³-hybridized carbons (Fsp3) is 0.308. The molecule has 1 aliphatic heterocycles. The van der Waals surface area contributed by atoms with Crippen molar-refractivity contribution in [1.82, 2.24) is 5.32 Å². The number of ether oxygens (including phenoxy) is 1. The first-order chi connectivity index (χ1) is 16.0. The summed E-state index contributed by atoms with van der Waals surface area (Å²) >= 11 is 1.44. The number of Topliss-reactive ketones (excluding diaryl/α,β-unsaturated/α-hetero) is 1. The van der Waals surface area contributed by atoms with Crippen molar-refractivity contribution in [3.8, 4) is 0 Å². The van der Waals surface area contributed by atoms with Crippen molar-refractivity contribution in [3.63, 3.8) is 0 Å². The number of hydrogen-bond acceptors (Lipinski definition) is 5. The first kappa shape index (κ1) is 26.2. The van der Waals surface area contributed by atoms with Crippen molar-refractivity contribution in [2.75, 3.05) is 13.1 Å². The third-order valence-electron chi connectivity index (χ3n) is 6.03. The summed E-state index contributed by atoms with van der Waals surface area (Å²) in [7, 11) is 0. The van der Waals surface area contributed by atoms with Crippen LogP contribution in [0.3, 0.4) is 0 Å². The maximum atomic E-state index is 13.9. The molecule has 0 bridgehead atoms. The average Bonchev–Trinajstić information content (AvgIpc) is 3.36. The molecule has 0 amide bonds. The number of nitrogens with one attached hydrogen (secondary N) is 1. The average molecular weight is 550 g/mol. The van der Waals surface area contributed by atoms with E-state index in [9.17, 15) is 18.4 Å². The molecule has 1 aliphatic rings. The van der Waals surface area contributed by atoms with Crippen LogP contribution in [0.25, 0.3) is 0 Å². The smallest absolute Gasteiger partial charge is 0.307 e. The van der Waals surface area contributed by atoms with Gasteiger partial charge < -0.3 is 10.1 Å². The summed E-state index contributed by atoms with van der Waals surface area (Å²) in [6.07, 6.45) is 0.533. The molecule has 3 aromatic rings. The van der Waals surface area contributed by atoms with Gasteiger partial charge in [0.05, 0.1) is 6.42 Å².